The zero-order valence-electron chi connectivity index (χ0n) is 17.0. The SMILES string of the molecule is Cc1ccc(OCc2csc(C(=O)Nc3cnn(Cc4ccccc4C)c3)c2)cc1. The second-order valence-corrected chi connectivity index (χ2v) is 8.14. The van der Waals surface area contributed by atoms with Crippen LogP contribution in [-0.4, -0.2) is 15.7 Å². The molecule has 1 N–H and O–H groups in total. The molecule has 1 amide bonds. The minimum absolute atomic E-state index is 0.142. The summed E-state index contributed by atoms with van der Waals surface area (Å²) in [7, 11) is 0. The van der Waals surface area contributed by atoms with Crippen LogP contribution in [0.5, 0.6) is 5.75 Å². The number of hydrogen-bond donors (Lipinski definition) is 1. The first-order valence-electron chi connectivity index (χ1n) is 9.72. The summed E-state index contributed by atoms with van der Waals surface area (Å²) in [5, 5.41) is 9.23. The van der Waals surface area contributed by atoms with Gasteiger partial charge < -0.3 is 10.1 Å². The Balaban J connectivity index is 1.34. The highest BCUT2D eigenvalue weighted by atomic mass is 32.1. The molecule has 4 rings (SSSR count). The van der Waals surface area contributed by atoms with Crippen LogP contribution < -0.4 is 10.1 Å². The summed E-state index contributed by atoms with van der Waals surface area (Å²) < 4.78 is 7.62. The van der Waals surface area contributed by atoms with Crippen molar-refractivity contribution in [3.63, 3.8) is 0 Å². The number of anilines is 1. The van der Waals surface area contributed by atoms with Gasteiger partial charge in [-0.05, 0) is 48.6 Å². The molecule has 0 aliphatic rings. The topological polar surface area (TPSA) is 56.1 Å². The summed E-state index contributed by atoms with van der Waals surface area (Å²) >= 11 is 1.41. The Labute approximate surface area is 179 Å². The number of ether oxygens (including phenoxy) is 1. The Kier molecular flexibility index (Phi) is 5.95. The smallest absolute Gasteiger partial charge is 0.265 e. The van der Waals surface area contributed by atoms with Gasteiger partial charge in [-0.1, -0.05) is 42.0 Å². The fraction of sp³-hybridized carbons (Fsp3) is 0.167. The van der Waals surface area contributed by atoms with E-state index in [9.17, 15) is 4.79 Å². The van der Waals surface area contributed by atoms with Gasteiger partial charge in [-0.25, -0.2) is 0 Å². The number of rotatable bonds is 7. The second kappa shape index (κ2) is 8.97. The van der Waals surface area contributed by atoms with Gasteiger partial charge in [0.2, 0.25) is 0 Å². The van der Waals surface area contributed by atoms with Gasteiger partial charge in [-0.3, -0.25) is 9.48 Å². The summed E-state index contributed by atoms with van der Waals surface area (Å²) in [6, 6.07) is 18.0. The molecule has 152 valence electrons. The molecule has 0 aliphatic carbocycles. The number of carbonyl (C=O) groups is 1. The van der Waals surface area contributed by atoms with Gasteiger partial charge in [0.25, 0.3) is 5.91 Å². The summed E-state index contributed by atoms with van der Waals surface area (Å²) in [6.45, 7) is 5.22. The van der Waals surface area contributed by atoms with Crippen molar-refractivity contribution in [1.82, 2.24) is 9.78 Å². The molecule has 2 heterocycles. The molecule has 6 heteroatoms. The third-order valence-corrected chi connectivity index (χ3v) is 5.77. The van der Waals surface area contributed by atoms with Crippen molar-refractivity contribution in [2.24, 2.45) is 0 Å². The molecule has 0 saturated heterocycles. The summed E-state index contributed by atoms with van der Waals surface area (Å²) in [4.78, 5) is 13.2. The van der Waals surface area contributed by atoms with Gasteiger partial charge in [0.05, 0.1) is 23.3 Å². The van der Waals surface area contributed by atoms with Gasteiger partial charge in [-0.2, -0.15) is 5.10 Å². The van der Waals surface area contributed by atoms with Crippen molar-refractivity contribution in [2.45, 2.75) is 27.0 Å². The predicted molar refractivity (Wildman–Crippen MR) is 120 cm³/mol. The highest BCUT2D eigenvalue weighted by Crippen LogP contribution is 2.20. The second-order valence-electron chi connectivity index (χ2n) is 7.23. The van der Waals surface area contributed by atoms with E-state index in [1.165, 1.54) is 28.0 Å². The molecule has 2 aromatic carbocycles. The van der Waals surface area contributed by atoms with Crippen molar-refractivity contribution < 1.29 is 9.53 Å². The van der Waals surface area contributed by atoms with E-state index in [4.69, 9.17) is 4.74 Å². The molecule has 4 aromatic rings. The number of amides is 1. The van der Waals surface area contributed by atoms with E-state index in [0.717, 1.165) is 11.3 Å². The number of benzene rings is 2. The molecular weight excluding hydrogens is 394 g/mol. The lowest BCUT2D eigenvalue weighted by atomic mass is 10.1. The number of aryl methyl sites for hydroxylation is 2. The van der Waals surface area contributed by atoms with Crippen LogP contribution in [0.4, 0.5) is 5.69 Å². The van der Waals surface area contributed by atoms with E-state index in [0.29, 0.717) is 23.7 Å². The van der Waals surface area contributed by atoms with Crippen molar-refractivity contribution in [2.75, 3.05) is 5.32 Å². The van der Waals surface area contributed by atoms with Crippen LogP contribution in [0.1, 0.15) is 31.9 Å². The molecule has 5 nitrogen and oxygen atoms in total. The van der Waals surface area contributed by atoms with Crippen molar-refractivity contribution in [3.05, 3.63) is 99.5 Å². The molecule has 0 saturated carbocycles. The molecule has 0 spiro atoms. The molecular formula is C24H23N3O2S. The van der Waals surface area contributed by atoms with Crippen LogP contribution in [-0.2, 0) is 13.2 Å². The van der Waals surface area contributed by atoms with E-state index >= 15 is 0 Å². The predicted octanol–water partition coefficient (Wildman–Crippen LogP) is 5.44. The van der Waals surface area contributed by atoms with Crippen LogP contribution in [0.25, 0.3) is 0 Å². The molecule has 0 fully saturated rings. The van der Waals surface area contributed by atoms with Gasteiger partial charge in [0.1, 0.15) is 12.4 Å². The number of thiophene rings is 1. The highest BCUT2D eigenvalue weighted by molar-refractivity contribution is 7.12. The Morgan fingerprint density at radius 3 is 2.73 bits per heavy atom. The van der Waals surface area contributed by atoms with Crippen LogP contribution in [0.2, 0.25) is 0 Å². The van der Waals surface area contributed by atoms with Crippen LogP contribution in [0, 0.1) is 13.8 Å². The summed E-state index contributed by atoms with van der Waals surface area (Å²) in [5.41, 5.74) is 5.27. The largest absolute Gasteiger partial charge is 0.489 e. The average Bonchev–Trinajstić information content (AvgIpc) is 3.39. The standard InChI is InChI=1S/C24H23N3O2S/c1-17-7-9-22(10-8-17)29-15-19-11-23(30-16-19)24(28)26-21-12-25-27(14-21)13-20-6-4-3-5-18(20)2/h3-12,14,16H,13,15H2,1-2H3,(H,26,28). The zero-order valence-corrected chi connectivity index (χ0v) is 17.8. The van der Waals surface area contributed by atoms with E-state index in [1.54, 1.807) is 6.20 Å². The zero-order chi connectivity index (χ0) is 20.9. The number of hydrogen-bond acceptors (Lipinski definition) is 4. The van der Waals surface area contributed by atoms with Gasteiger partial charge >= 0.3 is 0 Å². The maximum Gasteiger partial charge on any atom is 0.265 e. The fourth-order valence-corrected chi connectivity index (χ4v) is 3.83. The first-order valence-corrected chi connectivity index (χ1v) is 10.6. The van der Waals surface area contributed by atoms with Gasteiger partial charge in [0.15, 0.2) is 0 Å². The lowest BCUT2D eigenvalue weighted by molar-refractivity contribution is 0.103. The van der Waals surface area contributed by atoms with Crippen molar-refractivity contribution in [1.29, 1.82) is 0 Å². The first kappa shape index (κ1) is 19.9. The fourth-order valence-electron chi connectivity index (χ4n) is 3.04. The molecule has 0 atom stereocenters. The number of aromatic nitrogens is 2. The highest BCUT2D eigenvalue weighted by Gasteiger charge is 2.11. The minimum Gasteiger partial charge on any atom is -0.489 e. The van der Waals surface area contributed by atoms with E-state index in [1.807, 2.05) is 65.6 Å². The maximum atomic E-state index is 12.6. The number of nitrogens with one attached hydrogen (secondary N) is 1. The number of nitrogens with zero attached hydrogens (tertiary/aromatic N) is 2. The molecule has 2 aromatic heterocycles. The van der Waals surface area contributed by atoms with Crippen LogP contribution >= 0.6 is 11.3 Å². The molecule has 0 radical (unpaired) electrons. The summed E-state index contributed by atoms with van der Waals surface area (Å²) in [5.74, 6) is 0.677. The normalized spacial score (nSPS) is 10.7. The Morgan fingerprint density at radius 2 is 1.93 bits per heavy atom. The molecule has 0 aliphatic heterocycles. The van der Waals surface area contributed by atoms with Crippen LogP contribution in [0.15, 0.2) is 72.4 Å². The summed E-state index contributed by atoms with van der Waals surface area (Å²) in [6.07, 6.45) is 3.52. The van der Waals surface area contributed by atoms with Gasteiger partial charge in [-0.15, -0.1) is 11.3 Å². The van der Waals surface area contributed by atoms with Crippen molar-refractivity contribution in [3.8, 4) is 5.75 Å². The molecule has 30 heavy (non-hydrogen) atoms. The van der Waals surface area contributed by atoms with E-state index in [-0.39, 0.29) is 5.91 Å². The monoisotopic (exact) mass is 417 g/mol. The lowest BCUT2D eigenvalue weighted by Gasteiger charge is -2.05. The molecule has 0 unspecified atom stereocenters. The third-order valence-electron chi connectivity index (χ3n) is 4.79. The Hall–Kier alpha value is -3.38. The van der Waals surface area contributed by atoms with Crippen LogP contribution in [0.3, 0.4) is 0 Å². The van der Waals surface area contributed by atoms with Gasteiger partial charge in [0, 0.05) is 11.8 Å². The Morgan fingerprint density at radius 1 is 1.13 bits per heavy atom. The van der Waals surface area contributed by atoms with E-state index in [2.05, 4.69) is 29.5 Å². The van der Waals surface area contributed by atoms with E-state index < -0.39 is 0 Å². The maximum absolute atomic E-state index is 12.6. The first-order chi connectivity index (χ1) is 14.6. The molecule has 0 bridgehead atoms. The quantitative estimate of drug-likeness (QED) is 0.436. The minimum atomic E-state index is -0.142. The third kappa shape index (κ3) is 4.96. The lowest BCUT2D eigenvalue weighted by Crippen LogP contribution is -2.09. The number of carbonyl (C=O) groups excluding carboxylic acids is 1. The Bertz CT molecular complexity index is 1150. The van der Waals surface area contributed by atoms with Crippen molar-refractivity contribution >= 4 is 22.9 Å². The average molecular weight is 418 g/mol.